The zero-order chi connectivity index (χ0) is 22.2. The zero-order valence-corrected chi connectivity index (χ0v) is 17.4. The van der Waals surface area contributed by atoms with Crippen molar-refractivity contribution in [1.82, 2.24) is 14.5 Å². The molecule has 1 aromatic carbocycles. The average molecular weight is 433 g/mol. The third kappa shape index (κ3) is 4.51. The predicted octanol–water partition coefficient (Wildman–Crippen LogP) is 4.79. The molecule has 164 valence electrons. The first-order chi connectivity index (χ1) is 14.7. The van der Waals surface area contributed by atoms with Crippen molar-refractivity contribution in [3.8, 4) is 34.1 Å². The minimum absolute atomic E-state index is 0.00888. The summed E-state index contributed by atoms with van der Waals surface area (Å²) < 4.78 is 55.8. The molecule has 4 rings (SSSR count). The SMILES string of the molecule is COc1ccc(-c2nc(-c3ccnc(C)c3)c3n2C[C@@H](C)OCC3)cc1OC(F)(F)F. The predicted molar refractivity (Wildman–Crippen MR) is 108 cm³/mol. The molecule has 6 nitrogen and oxygen atoms in total. The van der Waals surface area contributed by atoms with Crippen LogP contribution < -0.4 is 9.47 Å². The van der Waals surface area contributed by atoms with E-state index in [1.54, 1.807) is 12.3 Å². The Hall–Kier alpha value is -3.07. The van der Waals surface area contributed by atoms with E-state index in [2.05, 4.69) is 9.72 Å². The van der Waals surface area contributed by atoms with Crippen molar-refractivity contribution in [3.63, 3.8) is 0 Å². The molecule has 0 saturated heterocycles. The highest BCUT2D eigenvalue weighted by Gasteiger charge is 2.33. The maximum absolute atomic E-state index is 12.9. The Labute approximate surface area is 177 Å². The van der Waals surface area contributed by atoms with E-state index in [0.29, 0.717) is 31.0 Å². The number of imidazole rings is 1. The summed E-state index contributed by atoms with van der Waals surface area (Å²) in [5, 5.41) is 0. The van der Waals surface area contributed by atoms with Crippen LogP contribution in [0.25, 0.3) is 22.6 Å². The summed E-state index contributed by atoms with van der Waals surface area (Å²) in [5.41, 5.74) is 3.99. The van der Waals surface area contributed by atoms with Crippen LogP contribution in [0.1, 0.15) is 18.3 Å². The van der Waals surface area contributed by atoms with Crippen molar-refractivity contribution >= 4 is 0 Å². The molecule has 2 aromatic heterocycles. The second-order valence-corrected chi connectivity index (χ2v) is 7.37. The summed E-state index contributed by atoms with van der Waals surface area (Å²) in [6.45, 7) is 4.92. The number of aromatic nitrogens is 3. The quantitative estimate of drug-likeness (QED) is 0.592. The molecule has 0 fully saturated rings. The van der Waals surface area contributed by atoms with E-state index in [9.17, 15) is 13.2 Å². The van der Waals surface area contributed by atoms with Crippen LogP contribution in [0.2, 0.25) is 0 Å². The number of pyridine rings is 1. The maximum Gasteiger partial charge on any atom is 0.573 e. The van der Waals surface area contributed by atoms with Gasteiger partial charge in [-0.1, -0.05) is 0 Å². The number of hydrogen-bond donors (Lipinski definition) is 0. The monoisotopic (exact) mass is 433 g/mol. The number of benzene rings is 1. The van der Waals surface area contributed by atoms with Gasteiger partial charge in [-0.2, -0.15) is 0 Å². The van der Waals surface area contributed by atoms with Gasteiger partial charge in [0, 0.05) is 35.1 Å². The Balaban J connectivity index is 1.88. The number of fused-ring (bicyclic) bond motifs is 1. The lowest BCUT2D eigenvalue weighted by Gasteiger charge is -2.15. The van der Waals surface area contributed by atoms with Crippen LogP contribution in [0.15, 0.2) is 36.5 Å². The lowest BCUT2D eigenvalue weighted by molar-refractivity contribution is -0.275. The van der Waals surface area contributed by atoms with E-state index in [1.165, 1.54) is 19.2 Å². The molecule has 0 saturated carbocycles. The summed E-state index contributed by atoms with van der Waals surface area (Å²) in [5.74, 6) is 0.126. The van der Waals surface area contributed by atoms with Gasteiger partial charge in [0.25, 0.3) is 0 Å². The maximum atomic E-state index is 12.9. The Morgan fingerprint density at radius 1 is 1.13 bits per heavy atom. The van der Waals surface area contributed by atoms with Gasteiger partial charge < -0.3 is 18.8 Å². The van der Waals surface area contributed by atoms with Gasteiger partial charge in [0.05, 0.1) is 32.1 Å². The minimum Gasteiger partial charge on any atom is -0.493 e. The normalized spacial score (nSPS) is 16.5. The molecule has 0 radical (unpaired) electrons. The molecule has 1 aliphatic rings. The van der Waals surface area contributed by atoms with Gasteiger partial charge >= 0.3 is 6.36 Å². The van der Waals surface area contributed by atoms with E-state index >= 15 is 0 Å². The molecule has 0 bridgehead atoms. The Morgan fingerprint density at radius 3 is 2.65 bits per heavy atom. The molecule has 31 heavy (non-hydrogen) atoms. The Kier molecular flexibility index (Phi) is 5.62. The first kappa shape index (κ1) is 21.2. The van der Waals surface area contributed by atoms with Crippen LogP contribution in [-0.2, 0) is 17.7 Å². The van der Waals surface area contributed by atoms with Crippen molar-refractivity contribution in [2.75, 3.05) is 13.7 Å². The van der Waals surface area contributed by atoms with E-state index < -0.39 is 12.1 Å². The molecule has 9 heteroatoms. The number of hydrogen-bond acceptors (Lipinski definition) is 5. The summed E-state index contributed by atoms with van der Waals surface area (Å²) in [4.78, 5) is 9.09. The van der Waals surface area contributed by atoms with Crippen molar-refractivity contribution in [2.24, 2.45) is 0 Å². The first-order valence-corrected chi connectivity index (χ1v) is 9.83. The molecular formula is C22H22F3N3O3. The number of halogens is 3. The van der Waals surface area contributed by atoms with Gasteiger partial charge in [-0.15, -0.1) is 13.2 Å². The molecule has 3 heterocycles. The number of nitrogens with zero attached hydrogens (tertiary/aromatic N) is 3. The van der Waals surface area contributed by atoms with Gasteiger partial charge in [0.2, 0.25) is 0 Å². The van der Waals surface area contributed by atoms with Crippen LogP contribution in [-0.4, -0.2) is 40.7 Å². The Morgan fingerprint density at radius 2 is 1.94 bits per heavy atom. The Bertz CT molecular complexity index is 1100. The fraction of sp³-hybridized carbons (Fsp3) is 0.364. The van der Waals surface area contributed by atoms with Gasteiger partial charge in [0.15, 0.2) is 11.5 Å². The highest BCUT2D eigenvalue weighted by atomic mass is 19.4. The smallest absolute Gasteiger partial charge is 0.493 e. The van der Waals surface area contributed by atoms with Crippen LogP contribution in [0.3, 0.4) is 0 Å². The number of ether oxygens (including phenoxy) is 3. The number of methoxy groups -OCH3 is 1. The second kappa shape index (κ2) is 8.22. The molecule has 1 atom stereocenters. The lowest BCUT2D eigenvalue weighted by atomic mass is 10.1. The largest absolute Gasteiger partial charge is 0.573 e. The van der Waals surface area contributed by atoms with Crippen molar-refractivity contribution in [3.05, 3.63) is 47.9 Å². The van der Waals surface area contributed by atoms with Gasteiger partial charge in [-0.05, 0) is 44.2 Å². The second-order valence-electron chi connectivity index (χ2n) is 7.37. The number of rotatable bonds is 4. The molecular weight excluding hydrogens is 411 g/mol. The molecule has 3 aromatic rings. The number of alkyl halides is 3. The van der Waals surface area contributed by atoms with Gasteiger partial charge in [0.1, 0.15) is 5.82 Å². The van der Waals surface area contributed by atoms with Crippen LogP contribution in [0, 0.1) is 6.92 Å². The molecule has 0 spiro atoms. The van der Waals surface area contributed by atoms with E-state index in [1.807, 2.05) is 30.5 Å². The summed E-state index contributed by atoms with van der Waals surface area (Å²) in [7, 11) is 1.29. The molecule has 0 unspecified atom stereocenters. The van der Waals surface area contributed by atoms with Crippen LogP contribution in [0.4, 0.5) is 13.2 Å². The topological polar surface area (TPSA) is 58.4 Å². The van der Waals surface area contributed by atoms with Crippen molar-refractivity contribution < 1.29 is 27.4 Å². The number of aryl methyl sites for hydroxylation is 1. The summed E-state index contributed by atoms with van der Waals surface area (Å²) in [6, 6.07) is 8.25. The zero-order valence-electron chi connectivity index (χ0n) is 17.4. The molecule has 1 aliphatic heterocycles. The van der Waals surface area contributed by atoms with Crippen LogP contribution in [0.5, 0.6) is 11.5 Å². The highest BCUT2D eigenvalue weighted by molar-refractivity contribution is 5.70. The van der Waals surface area contributed by atoms with Crippen molar-refractivity contribution in [2.45, 2.75) is 39.3 Å². The summed E-state index contributed by atoms with van der Waals surface area (Å²) >= 11 is 0. The van der Waals surface area contributed by atoms with E-state index in [0.717, 1.165) is 22.6 Å². The van der Waals surface area contributed by atoms with Crippen molar-refractivity contribution in [1.29, 1.82) is 0 Å². The van der Waals surface area contributed by atoms with Crippen LogP contribution >= 0.6 is 0 Å². The molecule has 0 amide bonds. The average Bonchev–Trinajstić information content (AvgIpc) is 2.93. The van der Waals surface area contributed by atoms with E-state index in [4.69, 9.17) is 14.5 Å². The minimum atomic E-state index is -4.84. The van der Waals surface area contributed by atoms with E-state index in [-0.39, 0.29) is 11.9 Å². The third-order valence-corrected chi connectivity index (χ3v) is 5.07. The molecule has 0 N–H and O–H groups in total. The fourth-order valence-corrected chi connectivity index (χ4v) is 3.77. The lowest BCUT2D eigenvalue weighted by Crippen LogP contribution is -2.18. The summed E-state index contributed by atoms with van der Waals surface area (Å²) in [6.07, 6.45) is -2.55. The highest BCUT2D eigenvalue weighted by Crippen LogP contribution is 2.38. The first-order valence-electron chi connectivity index (χ1n) is 9.83. The third-order valence-electron chi connectivity index (χ3n) is 5.07. The van der Waals surface area contributed by atoms with Gasteiger partial charge in [-0.25, -0.2) is 4.98 Å². The van der Waals surface area contributed by atoms with Gasteiger partial charge in [-0.3, -0.25) is 4.98 Å². The molecule has 0 aliphatic carbocycles. The fourth-order valence-electron chi connectivity index (χ4n) is 3.77. The standard InChI is InChI=1S/C22H22F3N3O3/c1-13-10-15(6-8-26-13)20-17-7-9-30-14(2)12-28(17)21(27-20)16-4-5-18(29-3)19(11-16)31-22(23,24)25/h4-6,8,10-11,14H,7,9,12H2,1-3H3/t14-/m1/s1.